The van der Waals surface area contributed by atoms with Gasteiger partial charge in [-0.2, -0.15) is 0 Å². The molecule has 0 aliphatic heterocycles. The average molecular weight is 368 g/mol. The molecule has 0 saturated carbocycles. The van der Waals surface area contributed by atoms with Crippen molar-refractivity contribution in [1.29, 1.82) is 0 Å². The van der Waals surface area contributed by atoms with Crippen molar-refractivity contribution >= 4 is 44.8 Å². The second-order valence-electron chi connectivity index (χ2n) is 4.83. The molecule has 0 aliphatic carbocycles. The Hall–Kier alpha value is -1.52. The molecule has 2 aromatic rings. The Balaban J connectivity index is 1.99. The van der Waals surface area contributed by atoms with Gasteiger partial charge in [0.2, 0.25) is 5.91 Å². The Morgan fingerprint density at radius 2 is 1.86 bits per heavy atom. The number of amides is 1. The molecule has 5 heteroatoms. The van der Waals surface area contributed by atoms with Crippen LogP contribution in [0.3, 0.4) is 0 Å². The summed E-state index contributed by atoms with van der Waals surface area (Å²) in [4.78, 5) is 12.0. The molecule has 2 rings (SSSR count). The summed E-state index contributed by atoms with van der Waals surface area (Å²) >= 11 is 9.34. The molecule has 2 aromatic carbocycles. The number of rotatable bonds is 4. The van der Waals surface area contributed by atoms with E-state index in [-0.39, 0.29) is 12.5 Å². The first kappa shape index (κ1) is 15.9. The zero-order valence-electron chi connectivity index (χ0n) is 11.8. The van der Waals surface area contributed by atoms with Crippen molar-refractivity contribution in [2.45, 2.75) is 13.8 Å². The largest absolute Gasteiger partial charge is 0.376 e. The Labute approximate surface area is 137 Å². The van der Waals surface area contributed by atoms with Gasteiger partial charge in [-0.1, -0.05) is 33.6 Å². The van der Waals surface area contributed by atoms with Crippen LogP contribution in [0.15, 0.2) is 40.9 Å². The summed E-state index contributed by atoms with van der Waals surface area (Å²) in [6.45, 7) is 4.22. The summed E-state index contributed by atoms with van der Waals surface area (Å²) < 4.78 is 1.03. The maximum absolute atomic E-state index is 12.0. The van der Waals surface area contributed by atoms with Crippen LogP contribution in [0.25, 0.3) is 0 Å². The molecule has 0 aliphatic rings. The van der Waals surface area contributed by atoms with E-state index in [0.717, 1.165) is 21.3 Å². The van der Waals surface area contributed by atoms with E-state index in [9.17, 15) is 4.79 Å². The predicted molar refractivity (Wildman–Crippen MR) is 92.2 cm³/mol. The van der Waals surface area contributed by atoms with Gasteiger partial charge in [0, 0.05) is 20.9 Å². The zero-order valence-corrected chi connectivity index (χ0v) is 14.2. The molecule has 0 aromatic heterocycles. The van der Waals surface area contributed by atoms with E-state index in [1.165, 1.54) is 0 Å². The highest BCUT2D eigenvalue weighted by atomic mass is 79.9. The van der Waals surface area contributed by atoms with Gasteiger partial charge in [-0.3, -0.25) is 4.79 Å². The van der Waals surface area contributed by atoms with Gasteiger partial charge in [-0.25, -0.2) is 0 Å². The van der Waals surface area contributed by atoms with Crippen LogP contribution < -0.4 is 10.6 Å². The number of anilines is 2. The van der Waals surface area contributed by atoms with Crippen LogP contribution in [0.5, 0.6) is 0 Å². The molecule has 1 amide bonds. The van der Waals surface area contributed by atoms with E-state index in [1.807, 2.05) is 26.0 Å². The average Bonchev–Trinajstić information content (AvgIpc) is 2.37. The Kier molecular flexibility index (Phi) is 5.26. The molecule has 0 spiro atoms. The lowest BCUT2D eigenvalue weighted by Crippen LogP contribution is -2.22. The van der Waals surface area contributed by atoms with Crippen LogP contribution in [-0.2, 0) is 4.79 Å². The molecule has 0 unspecified atom stereocenters. The van der Waals surface area contributed by atoms with Gasteiger partial charge in [-0.15, -0.1) is 0 Å². The quantitative estimate of drug-likeness (QED) is 0.817. The number of carbonyl (C=O) groups excluding carboxylic acids is 1. The van der Waals surface area contributed by atoms with Crippen molar-refractivity contribution in [2.75, 3.05) is 17.2 Å². The van der Waals surface area contributed by atoms with Gasteiger partial charge in [0.05, 0.1) is 6.54 Å². The molecule has 0 heterocycles. The summed E-state index contributed by atoms with van der Waals surface area (Å²) in [6.07, 6.45) is 0. The summed E-state index contributed by atoms with van der Waals surface area (Å²) in [5.41, 5.74) is 3.87. The number of hydrogen-bond donors (Lipinski definition) is 2. The normalized spacial score (nSPS) is 10.3. The molecule has 0 fully saturated rings. The number of nitrogens with one attached hydrogen (secondary N) is 2. The van der Waals surface area contributed by atoms with Crippen LogP contribution in [0.2, 0.25) is 5.02 Å². The number of halogens is 2. The maximum Gasteiger partial charge on any atom is 0.243 e. The number of aryl methyl sites for hydroxylation is 2. The van der Waals surface area contributed by atoms with Crippen molar-refractivity contribution in [2.24, 2.45) is 0 Å². The molecule has 0 bridgehead atoms. The zero-order chi connectivity index (χ0) is 15.4. The summed E-state index contributed by atoms with van der Waals surface area (Å²) in [6, 6.07) is 11.1. The monoisotopic (exact) mass is 366 g/mol. The highest BCUT2D eigenvalue weighted by Gasteiger charge is 2.07. The van der Waals surface area contributed by atoms with Crippen LogP contribution >= 0.6 is 27.5 Å². The lowest BCUT2D eigenvalue weighted by Gasteiger charge is -2.13. The fourth-order valence-electron chi connectivity index (χ4n) is 2.13. The van der Waals surface area contributed by atoms with Crippen molar-refractivity contribution in [3.8, 4) is 0 Å². The van der Waals surface area contributed by atoms with E-state index in [0.29, 0.717) is 10.7 Å². The van der Waals surface area contributed by atoms with E-state index in [1.54, 1.807) is 24.3 Å². The third-order valence-electron chi connectivity index (χ3n) is 3.03. The first-order chi connectivity index (χ1) is 9.95. The fourth-order valence-corrected chi connectivity index (χ4v) is 3.01. The molecule has 110 valence electrons. The highest BCUT2D eigenvalue weighted by molar-refractivity contribution is 9.10. The van der Waals surface area contributed by atoms with Crippen LogP contribution in [0.4, 0.5) is 11.4 Å². The number of benzene rings is 2. The summed E-state index contributed by atoms with van der Waals surface area (Å²) in [5.74, 6) is -0.112. The smallest absolute Gasteiger partial charge is 0.243 e. The van der Waals surface area contributed by atoms with Crippen LogP contribution in [0.1, 0.15) is 11.1 Å². The Morgan fingerprint density at radius 3 is 2.48 bits per heavy atom. The van der Waals surface area contributed by atoms with Gasteiger partial charge in [-0.05, 0) is 55.3 Å². The number of hydrogen-bond acceptors (Lipinski definition) is 2. The fraction of sp³-hybridized carbons (Fsp3) is 0.188. The van der Waals surface area contributed by atoms with Crippen molar-refractivity contribution < 1.29 is 4.79 Å². The first-order valence-electron chi connectivity index (χ1n) is 6.52. The molecule has 0 saturated heterocycles. The Bertz CT molecular complexity index is 650. The van der Waals surface area contributed by atoms with E-state index >= 15 is 0 Å². The van der Waals surface area contributed by atoms with Crippen molar-refractivity contribution in [3.63, 3.8) is 0 Å². The van der Waals surface area contributed by atoms with Crippen LogP contribution in [-0.4, -0.2) is 12.5 Å². The third kappa shape index (κ3) is 4.48. The summed E-state index contributed by atoms with van der Waals surface area (Å²) in [5, 5.41) is 6.58. The minimum atomic E-state index is -0.112. The van der Waals surface area contributed by atoms with Gasteiger partial charge >= 0.3 is 0 Å². The first-order valence-corrected chi connectivity index (χ1v) is 7.69. The predicted octanol–water partition coefficient (Wildman–Crippen LogP) is 4.77. The molecular weight excluding hydrogens is 352 g/mol. The van der Waals surface area contributed by atoms with Gasteiger partial charge in [0.25, 0.3) is 0 Å². The lowest BCUT2D eigenvalue weighted by atomic mass is 10.1. The minimum absolute atomic E-state index is 0.112. The molecule has 21 heavy (non-hydrogen) atoms. The van der Waals surface area contributed by atoms with Crippen molar-refractivity contribution in [3.05, 3.63) is 57.0 Å². The SMILES string of the molecule is Cc1cc(Br)cc(C)c1NCC(=O)Nc1cccc(Cl)c1. The Morgan fingerprint density at radius 1 is 1.19 bits per heavy atom. The maximum atomic E-state index is 12.0. The van der Waals surface area contributed by atoms with E-state index in [2.05, 4.69) is 26.6 Å². The van der Waals surface area contributed by atoms with E-state index < -0.39 is 0 Å². The van der Waals surface area contributed by atoms with Gasteiger partial charge in [0.15, 0.2) is 0 Å². The minimum Gasteiger partial charge on any atom is -0.376 e. The molecule has 0 radical (unpaired) electrons. The standard InChI is InChI=1S/C16H16BrClN2O/c1-10-6-12(17)7-11(2)16(10)19-9-15(21)20-14-5-3-4-13(18)8-14/h3-8,19H,9H2,1-2H3,(H,20,21). The van der Waals surface area contributed by atoms with Gasteiger partial charge < -0.3 is 10.6 Å². The second kappa shape index (κ2) is 6.96. The summed E-state index contributed by atoms with van der Waals surface area (Å²) in [7, 11) is 0. The molecule has 3 nitrogen and oxygen atoms in total. The van der Waals surface area contributed by atoms with E-state index in [4.69, 9.17) is 11.6 Å². The molecule has 2 N–H and O–H groups in total. The molecular formula is C16H16BrClN2O. The van der Waals surface area contributed by atoms with Crippen LogP contribution in [0, 0.1) is 13.8 Å². The second-order valence-corrected chi connectivity index (χ2v) is 6.18. The lowest BCUT2D eigenvalue weighted by molar-refractivity contribution is -0.114. The highest BCUT2D eigenvalue weighted by Crippen LogP contribution is 2.24. The third-order valence-corrected chi connectivity index (χ3v) is 3.72. The molecule has 0 atom stereocenters. The van der Waals surface area contributed by atoms with Gasteiger partial charge in [0.1, 0.15) is 0 Å². The topological polar surface area (TPSA) is 41.1 Å². The van der Waals surface area contributed by atoms with Crippen molar-refractivity contribution in [1.82, 2.24) is 0 Å². The number of carbonyl (C=O) groups is 1.